The predicted molar refractivity (Wildman–Crippen MR) is 96.9 cm³/mol. The van der Waals surface area contributed by atoms with Gasteiger partial charge in [-0.3, -0.25) is 0 Å². The Kier molecular flexibility index (Phi) is 6.38. The predicted octanol–water partition coefficient (Wildman–Crippen LogP) is 4.10. The van der Waals surface area contributed by atoms with E-state index in [0.717, 1.165) is 12.6 Å². The minimum Gasteiger partial charge on any atom is -0.348 e. The van der Waals surface area contributed by atoms with Crippen LogP contribution in [0.4, 0.5) is 5.13 Å². The Hall–Kier alpha value is -0.260. The highest BCUT2D eigenvalue weighted by Crippen LogP contribution is 2.32. The fraction of sp³-hybridized carbons (Fsp3) is 0.812. The zero-order valence-electron chi connectivity index (χ0n) is 14.0. The summed E-state index contributed by atoms with van der Waals surface area (Å²) in [7, 11) is 2.19. The number of nitrogens with one attached hydrogen (secondary N) is 1. The molecule has 1 unspecified atom stereocenters. The molecule has 2 rings (SSSR count). The highest BCUT2D eigenvalue weighted by atomic mass is 32.2. The molecule has 21 heavy (non-hydrogen) atoms. The summed E-state index contributed by atoms with van der Waals surface area (Å²) in [5, 5.41) is 4.81. The Bertz CT molecular complexity index is 441. The van der Waals surface area contributed by atoms with Crippen molar-refractivity contribution in [3.63, 3.8) is 0 Å². The Labute approximate surface area is 137 Å². The number of hydrogen-bond donors (Lipinski definition) is 1. The Balaban J connectivity index is 2.05. The van der Waals surface area contributed by atoms with Gasteiger partial charge in [0.05, 0.1) is 5.69 Å². The summed E-state index contributed by atoms with van der Waals surface area (Å²) in [6.45, 7) is 7.78. The SMILES string of the molecule is CSCCC(C)N(C)c1nc(C(C)C)c(CNC2CC2)s1. The molecule has 120 valence electrons. The third kappa shape index (κ3) is 4.86. The van der Waals surface area contributed by atoms with Crippen LogP contribution in [0.3, 0.4) is 0 Å². The molecular weight excluding hydrogens is 298 g/mol. The van der Waals surface area contributed by atoms with Crippen molar-refractivity contribution in [2.75, 3.05) is 24.0 Å². The van der Waals surface area contributed by atoms with Crippen molar-refractivity contribution >= 4 is 28.2 Å². The maximum Gasteiger partial charge on any atom is 0.185 e. The van der Waals surface area contributed by atoms with E-state index in [9.17, 15) is 0 Å². The van der Waals surface area contributed by atoms with Crippen LogP contribution in [0.25, 0.3) is 0 Å². The lowest BCUT2D eigenvalue weighted by molar-refractivity contribution is 0.663. The largest absolute Gasteiger partial charge is 0.348 e. The average molecular weight is 328 g/mol. The van der Waals surface area contributed by atoms with Crippen molar-refractivity contribution in [2.45, 2.75) is 64.6 Å². The third-order valence-electron chi connectivity index (χ3n) is 4.09. The topological polar surface area (TPSA) is 28.2 Å². The van der Waals surface area contributed by atoms with Crippen LogP contribution in [-0.2, 0) is 6.54 Å². The smallest absolute Gasteiger partial charge is 0.185 e. The minimum absolute atomic E-state index is 0.501. The zero-order chi connectivity index (χ0) is 15.4. The van der Waals surface area contributed by atoms with Crippen LogP contribution in [0.2, 0.25) is 0 Å². The molecule has 1 atom stereocenters. The highest BCUT2D eigenvalue weighted by molar-refractivity contribution is 7.98. The van der Waals surface area contributed by atoms with Crippen LogP contribution >= 0.6 is 23.1 Å². The van der Waals surface area contributed by atoms with Crippen LogP contribution in [0, 0.1) is 0 Å². The summed E-state index contributed by atoms with van der Waals surface area (Å²) in [6.07, 6.45) is 6.07. The van der Waals surface area contributed by atoms with E-state index >= 15 is 0 Å². The molecule has 0 spiro atoms. The maximum absolute atomic E-state index is 4.93. The lowest BCUT2D eigenvalue weighted by atomic mass is 10.1. The van der Waals surface area contributed by atoms with E-state index in [-0.39, 0.29) is 0 Å². The molecule has 1 N–H and O–H groups in total. The van der Waals surface area contributed by atoms with E-state index in [1.165, 1.54) is 40.7 Å². The highest BCUT2D eigenvalue weighted by Gasteiger charge is 2.23. The van der Waals surface area contributed by atoms with Gasteiger partial charge in [0.15, 0.2) is 5.13 Å². The van der Waals surface area contributed by atoms with Crippen molar-refractivity contribution in [2.24, 2.45) is 0 Å². The molecule has 1 aromatic heterocycles. The van der Waals surface area contributed by atoms with E-state index in [4.69, 9.17) is 4.98 Å². The summed E-state index contributed by atoms with van der Waals surface area (Å²) < 4.78 is 0. The first-order valence-electron chi connectivity index (χ1n) is 7.97. The molecule has 0 saturated heterocycles. The first-order valence-corrected chi connectivity index (χ1v) is 10.2. The maximum atomic E-state index is 4.93. The van der Waals surface area contributed by atoms with Gasteiger partial charge in [-0.05, 0) is 44.1 Å². The second kappa shape index (κ2) is 7.84. The van der Waals surface area contributed by atoms with Gasteiger partial charge in [-0.1, -0.05) is 13.8 Å². The molecule has 3 nitrogen and oxygen atoms in total. The van der Waals surface area contributed by atoms with Crippen molar-refractivity contribution < 1.29 is 0 Å². The Morgan fingerprint density at radius 3 is 2.67 bits per heavy atom. The molecule has 0 bridgehead atoms. The van der Waals surface area contributed by atoms with Crippen molar-refractivity contribution in [3.05, 3.63) is 10.6 Å². The Morgan fingerprint density at radius 2 is 2.10 bits per heavy atom. The summed E-state index contributed by atoms with van der Waals surface area (Å²) in [4.78, 5) is 8.72. The first-order chi connectivity index (χ1) is 10.0. The van der Waals surface area contributed by atoms with Crippen LogP contribution in [-0.4, -0.2) is 36.1 Å². The van der Waals surface area contributed by atoms with Crippen LogP contribution in [0.5, 0.6) is 0 Å². The standard InChI is InChI=1S/C16H29N3S2/c1-11(2)15-14(10-17-13-6-7-13)21-16(18-15)19(4)12(3)8-9-20-5/h11-13,17H,6-10H2,1-5H3. The molecule has 1 saturated carbocycles. The second-order valence-corrected chi connectivity index (χ2v) is 8.40. The number of hydrogen-bond acceptors (Lipinski definition) is 5. The Morgan fingerprint density at radius 1 is 1.38 bits per heavy atom. The molecule has 0 aromatic carbocycles. The molecule has 1 aliphatic carbocycles. The van der Waals surface area contributed by atoms with E-state index in [1.54, 1.807) is 0 Å². The van der Waals surface area contributed by atoms with Gasteiger partial charge in [0.1, 0.15) is 0 Å². The lowest BCUT2D eigenvalue weighted by Gasteiger charge is -2.24. The summed E-state index contributed by atoms with van der Waals surface area (Å²) in [5.41, 5.74) is 1.28. The zero-order valence-corrected chi connectivity index (χ0v) is 15.6. The molecule has 0 aliphatic heterocycles. The van der Waals surface area contributed by atoms with Gasteiger partial charge in [-0.25, -0.2) is 4.98 Å². The molecule has 5 heteroatoms. The molecule has 1 heterocycles. The van der Waals surface area contributed by atoms with Gasteiger partial charge < -0.3 is 10.2 Å². The van der Waals surface area contributed by atoms with Gasteiger partial charge >= 0.3 is 0 Å². The van der Waals surface area contributed by atoms with Crippen LogP contribution < -0.4 is 10.2 Å². The van der Waals surface area contributed by atoms with Crippen molar-refractivity contribution in [1.29, 1.82) is 0 Å². The van der Waals surface area contributed by atoms with E-state index in [2.05, 4.69) is 44.3 Å². The number of thioether (sulfide) groups is 1. The number of aromatic nitrogens is 1. The van der Waals surface area contributed by atoms with Gasteiger partial charge in [-0.2, -0.15) is 11.8 Å². The van der Waals surface area contributed by atoms with Gasteiger partial charge in [0.25, 0.3) is 0 Å². The first kappa shape index (κ1) is 17.1. The quantitative estimate of drug-likeness (QED) is 0.739. The second-order valence-electron chi connectivity index (χ2n) is 6.36. The van der Waals surface area contributed by atoms with E-state index in [1.807, 2.05) is 23.1 Å². The normalized spacial score (nSPS) is 16.5. The molecule has 1 aromatic rings. The number of nitrogens with zero attached hydrogens (tertiary/aromatic N) is 2. The average Bonchev–Trinajstić information content (AvgIpc) is 3.19. The lowest BCUT2D eigenvalue weighted by Crippen LogP contribution is -2.29. The van der Waals surface area contributed by atoms with E-state index < -0.39 is 0 Å². The number of rotatable bonds is 9. The number of anilines is 1. The molecule has 1 aliphatic rings. The third-order valence-corrected chi connectivity index (χ3v) is 5.90. The van der Waals surface area contributed by atoms with Crippen LogP contribution in [0.15, 0.2) is 0 Å². The molecule has 0 radical (unpaired) electrons. The number of thiazole rings is 1. The van der Waals surface area contributed by atoms with Gasteiger partial charge in [0.2, 0.25) is 0 Å². The van der Waals surface area contributed by atoms with Crippen LogP contribution in [0.1, 0.15) is 56.5 Å². The monoisotopic (exact) mass is 327 g/mol. The van der Waals surface area contributed by atoms with Crippen molar-refractivity contribution in [3.8, 4) is 0 Å². The van der Waals surface area contributed by atoms with Gasteiger partial charge in [0, 0.05) is 30.6 Å². The summed E-state index contributed by atoms with van der Waals surface area (Å²) in [5.74, 6) is 1.71. The van der Waals surface area contributed by atoms with Gasteiger partial charge in [-0.15, -0.1) is 11.3 Å². The summed E-state index contributed by atoms with van der Waals surface area (Å²) >= 11 is 3.79. The van der Waals surface area contributed by atoms with Crippen molar-refractivity contribution in [1.82, 2.24) is 10.3 Å². The molecular formula is C16H29N3S2. The summed E-state index contributed by atoms with van der Waals surface area (Å²) in [6, 6.07) is 1.31. The molecule has 0 amide bonds. The minimum atomic E-state index is 0.501. The fourth-order valence-corrected chi connectivity index (χ4v) is 4.08. The van der Waals surface area contributed by atoms with E-state index in [0.29, 0.717) is 12.0 Å². The fourth-order valence-electron chi connectivity index (χ4n) is 2.27. The molecule has 1 fully saturated rings.